The predicted octanol–water partition coefficient (Wildman–Crippen LogP) is 0.991. The molecule has 5 heteroatoms. The Morgan fingerprint density at radius 2 is 2.36 bits per heavy atom. The van der Waals surface area contributed by atoms with E-state index >= 15 is 0 Å². The highest BCUT2D eigenvalue weighted by atomic mass is 32.2. The highest BCUT2D eigenvalue weighted by Crippen LogP contribution is 2.42. The van der Waals surface area contributed by atoms with Crippen molar-refractivity contribution in [2.24, 2.45) is 0 Å². The average molecular weight is 219 g/mol. The third kappa shape index (κ3) is 3.06. The first-order valence-electron chi connectivity index (χ1n) is 4.79. The van der Waals surface area contributed by atoms with Crippen LogP contribution >= 0.6 is 11.8 Å². The van der Waals surface area contributed by atoms with Gasteiger partial charge in [-0.05, 0) is 19.1 Å². The molecule has 4 nitrogen and oxygen atoms in total. The topological polar surface area (TPSA) is 58.6 Å². The Hall–Kier alpha value is -0.420. The van der Waals surface area contributed by atoms with Crippen molar-refractivity contribution < 1.29 is 14.6 Å². The zero-order valence-electron chi connectivity index (χ0n) is 8.41. The van der Waals surface area contributed by atoms with Crippen molar-refractivity contribution in [3.05, 3.63) is 0 Å². The third-order valence-electron chi connectivity index (χ3n) is 2.58. The summed E-state index contributed by atoms with van der Waals surface area (Å²) < 4.78 is 4.92. The molecule has 1 aliphatic carbocycles. The van der Waals surface area contributed by atoms with Gasteiger partial charge in [0.25, 0.3) is 0 Å². The van der Waals surface area contributed by atoms with Gasteiger partial charge in [0.05, 0.1) is 6.61 Å². The van der Waals surface area contributed by atoms with Crippen LogP contribution in [0.2, 0.25) is 0 Å². The minimum absolute atomic E-state index is 0.0676. The molecule has 0 heterocycles. The molecule has 1 saturated carbocycles. The van der Waals surface area contributed by atoms with Gasteiger partial charge in [-0.25, -0.2) is 4.79 Å². The number of nitrogens with one attached hydrogen (secondary N) is 1. The Balaban J connectivity index is 2.15. The van der Waals surface area contributed by atoms with Gasteiger partial charge in [-0.15, -0.1) is 0 Å². The van der Waals surface area contributed by atoms with Gasteiger partial charge in [0.1, 0.15) is 6.61 Å². The second kappa shape index (κ2) is 5.46. The van der Waals surface area contributed by atoms with Crippen molar-refractivity contribution in [2.45, 2.75) is 24.0 Å². The number of carbonyl (C=O) groups is 1. The van der Waals surface area contributed by atoms with Crippen molar-refractivity contribution in [1.29, 1.82) is 0 Å². The molecular formula is C9H17NO3S. The SMILES string of the molecule is CSC1(CNC(=O)OCCO)CCC1. The Kier molecular flexibility index (Phi) is 4.54. The zero-order valence-corrected chi connectivity index (χ0v) is 9.23. The van der Waals surface area contributed by atoms with E-state index in [1.54, 1.807) is 11.8 Å². The van der Waals surface area contributed by atoms with Gasteiger partial charge in [0.15, 0.2) is 0 Å². The molecule has 14 heavy (non-hydrogen) atoms. The standard InChI is InChI=1S/C9H17NO3S/c1-14-9(3-2-4-9)7-10-8(12)13-6-5-11/h11H,2-7H2,1H3,(H,10,12). The van der Waals surface area contributed by atoms with Crippen LogP contribution in [0, 0.1) is 0 Å². The van der Waals surface area contributed by atoms with Crippen LogP contribution in [0.3, 0.4) is 0 Å². The molecule has 0 saturated heterocycles. The second-order valence-electron chi connectivity index (χ2n) is 3.45. The Morgan fingerprint density at radius 1 is 1.64 bits per heavy atom. The minimum Gasteiger partial charge on any atom is -0.447 e. The van der Waals surface area contributed by atoms with Gasteiger partial charge in [-0.3, -0.25) is 0 Å². The van der Waals surface area contributed by atoms with E-state index in [9.17, 15) is 4.79 Å². The number of ether oxygens (including phenoxy) is 1. The number of hydrogen-bond acceptors (Lipinski definition) is 4. The van der Waals surface area contributed by atoms with Gasteiger partial charge in [0.2, 0.25) is 0 Å². The van der Waals surface area contributed by atoms with Crippen LogP contribution in [0.25, 0.3) is 0 Å². The summed E-state index contributed by atoms with van der Waals surface area (Å²) >= 11 is 1.81. The third-order valence-corrected chi connectivity index (χ3v) is 4.00. The lowest BCUT2D eigenvalue weighted by Gasteiger charge is -2.40. The van der Waals surface area contributed by atoms with E-state index in [-0.39, 0.29) is 18.0 Å². The van der Waals surface area contributed by atoms with E-state index in [0.717, 1.165) is 12.8 Å². The quantitative estimate of drug-likeness (QED) is 0.724. The molecule has 0 aliphatic heterocycles. The summed E-state index contributed by atoms with van der Waals surface area (Å²) in [6.07, 6.45) is 5.20. The molecule has 1 amide bonds. The molecule has 0 atom stereocenters. The van der Waals surface area contributed by atoms with Crippen LogP contribution in [0.4, 0.5) is 4.79 Å². The van der Waals surface area contributed by atoms with Crippen LogP contribution in [-0.4, -0.2) is 42.0 Å². The summed E-state index contributed by atoms with van der Waals surface area (Å²) in [4.78, 5) is 11.1. The first kappa shape index (κ1) is 11.7. The van der Waals surface area contributed by atoms with Crippen molar-refractivity contribution in [1.82, 2.24) is 5.32 Å². The number of alkyl carbamates (subject to hydrolysis) is 1. The largest absolute Gasteiger partial charge is 0.447 e. The Morgan fingerprint density at radius 3 is 2.79 bits per heavy atom. The highest BCUT2D eigenvalue weighted by Gasteiger charge is 2.36. The summed E-state index contributed by atoms with van der Waals surface area (Å²) in [5.74, 6) is 0. The van der Waals surface area contributed by atoms with Gasteiger partial charge in [0, 0.05) is 11.3 Å². The molecule has 2 N–H and O–H groups in total. The highest BCUT2D eigenvalue weighted by molar-refractivity contribution is 8.00. The smallest absolute Gasteiger partial charge is 0.407 e. The fourth-order valence-electron chi connectivity index (χ4n) is 1.45. The summed E-state index contributed by atoms with van der Waals surface area (Å²) in [7, 11) is 0. The second-order valence-corrected chi connectivity index (χ2v) is 4.73. The van der Waals surface area contributed by atoms with E-state index in [1.165, 1.54) is 6.42 Å². The summed E-state index contributed by atoms with van der Waals surface area (Å²) in [5.41, 5.74) is 0. The van der Waals surface area contributed by atoms with Crippen molar-refractivity contribution in [2.75, 3.05) is 26.0 Å². The van der Waals surface area contributed by atoms with Gasteiger partial charge >= 0.3 is 6.09 Å². The number of carbonyl (C=O) groups excluding carboxylic acids is 1. The Labute approximate surface area is 88.4 Å². The lowest BCUT2D eigenvalue weighted by atomic mass is 9.84. The van der Waals surface area contributed by atoms with Crippen molar-refractivity contribution in [3.8, 4) is 0 Å². The number of aliphatic hydroxyl groups is 1. The van der Waals surface area contributed by atoms with Crippen LogP contribution in [-0.2, 0) is 4.74 Å². The first-order chi connectivity index (χ1) is 6.72. The van der Waals surface area contributed by atoms with Gasteiger partial charge < -0.3 is 15.2 Å². The number of aliphatic hydroxyl groups excluding tert-OH is 1. The van der Waals surface area contributed by atoms with E-state index in [2.05, 4.69) is 11.6 Å². The molecule has 0 aromatic carbocycles. The molecule has 0 radical (unpaired) electrons. The van der Waals surface area contributed by atoms with Crippen LogP contribution < -0.4 is 5.32 Å². The lowest BCUT2D eigenvalue weighted by molar-refractivity contribution is 0.117. The summed E-state index contributed by atoms with van der Waals surface area (Å²) in [6.45, 7) is 0.609. The minimum atomic E-state index is -0.431. The normalized spacial score (nSPS) is 18.4. The fraction of sp³-hybridized carbons (Fsp3) is 0.889. The molecule has 1 fully saturated rings. The van der Waals surface area contributed by atoms with Crippen molar-refractivity contribution >= 4 is 17.9 Å². The maximum absolute atomic E-state index is 11.1. The van der Waals surface area contributed by atoms with E-state index in [1.807, 2.05) is 0 Å². The molecule has 1 rings (SSSR count). The van der Waals surface area contributed by atoms with Gasteiger partial charge in [-0.2, -0.15) is 11.8 Å². The maximum Gasteiger partial charge on any atom is 0.407 e. The van der Waals surface area contributed by atoms with E-state index < -0.39 is 6.09 Å². The number of thioether (sulfide) groups is 1. The van der Waals surface area contributed by atoms with Crippen LogP contribution in [0.5, 0.6) is 0 Å². The molecule has 0 aromatic rings. The van der Waals surface area contributed by atoms with E-state index in [4.69, 9.17) is 9.84 Å². The molecule has 0 aromatic heterocycles. The average Bonchev–Trinajstić information content (AvgIpc) is 2.14. The summed E-state index contributed by atoms with van der Waals surface area (Å²) in [5, 5.41) is 11.2. The van der Waals surface area contributed by atoms with Gasteiger partial charge in [-0.1, -0.05) is 6.42 Å². The molecule has 1 aliphatic rings. The molecule has 0 unspecified atom stereocenters. The lowest BCUT2D eigenvalue weighted by Crippen LogP contribution is -2.45. The van der Waals surface area contributed by atoms with Crippen molar-refractivity contribution in [3.63, 3.8) is 0 Å². The molecule has 82 valence electrons. The number of amides is 1. The Bertz CT molecular complexity index is 189. The summed E-state index contributed by atoms with van der Waals surface area (Å²) in [6, 6.07) is 0. The number of hydrogen-bond donors (Lipinski definition) is 2. The predicted molar refractivity (Wildman–Crippen MR) is 56.5 cm³/mol. The zero-order chi connectivity index (χ0) is 10.4. The first-order valence-corrected chi connectivity index (χ1v) is 6.01. The van der Waals surface area contributed by atoms with Crippen LogP contribution in [0.15, 0.2) is 0 Å². The molecule has 0 spiro atoms. The fourth-order valence-corrected chi connectivity index (χ4v) is 2.36. The monoisotopic (exact) mass is 219 g/mol. The maximum atomic E-state index is 11.1. The molecule has 0 bridgehead atoms. The number of rotatable bonds is 5. The molecular weight excluding hydrogens is 202 g/mol. The van der Waals surface area contributed by atoms with Crippen LogP contribution in [0.1, 0.15) is 19.3 Å². The van der Waals surface area contributed by atoms with E-state index in [0.29, 0.717) is 6.54 Å².